The number of carbonyl (C=O) groups excluding carboxylic acids is 3. The van der Waals surface area contributed by atoms with Gasteiger partial charge >= 0.3 is 6.01 Å². The Balaban J connectivity index is 2.05. The van der Waals surface area contributed by atoms with Gasteiger partial charge in [-0.2, -0.15) is 0 Å². The summed E-state index contributed by atoms with van der Waals surface area (Å²) < 4.78 is 5.19. The second-order valence-corrected chi connectivity index (χ2v) is 5.30. The van der Waals surface area contributed by atoms with Crippen molar-refractivity contribution in [3.63, 3.8) is 0 Å². The topological polar surface area (TPSA) is 127 Å². The van der Waals surface area contributed by atoms with Gasteiger partial charge in [-0.05, 0) is 25.0 Å². The molecule has 1 aromatic rings. The minimum absolute atomic E-state index is 0.108. The lowest BCUT2D eigenvalue weighted by Gasteiger charge is -2.36. The molecule has 1 aliphatic carbocycles. The summed E-state index contributed by atoms with van der Waals surface area (Å²) in [5, 5.41) is 4.92. The van der Waals surface area contributed by atoms with E-state index in [-0.39, 0.29) is 11.8 Å². The van der Waals surface area contributed by atoms with Crippen LogP contribution in [-0.2, 0) is 9.59 Å². The van der Waals surface area contributed by atoms with Gasteiger partial charge in [0.25, 0.3) is 5.91 Å². The summed E-state index contributed by atoms with van der Waals surface area (Å²) in [6.07, 6.45) is 7.16. The predicted octanol–water partition coefficient (Wildman–Crippen LogP) is 1.25. The maximum absolute atomic E-state index is 12.2. The average Bonchev–Trinajstić information content (AvgIpc) is 2.93. The number of allylic oxidation sites excluding steroid dienone is 3. The van der Waals surface area contributed by atoms with Crippen molar-refractivity contribution < 1.29 is 18.8 Å². The fourth-order valence-corrected chi connectivity index (χ4v) is 2.25. The van der Waals surface area contributed by atoms with Gasteiger partial charge in [0, 0.05) is 5.70 Å². The third kappa shape index (κ3) is 3.27. The summed E-state index contributed by atoms with van der Waals surface area (Å²) in [6, 6.07) is -0.175. The molecular weight excluding hydrogens is 312 g/mol. The fraction of sp³-hybridized carbons (Fsp3) is 0.250. The van der Waals surface area contributed by atoms with E-state index in [1.165, 1.54) is 12.2 Å². The zero-order valence-corrected chi connectivity index (χ0v) is 13.0. The van der Waals surface area contributed by atoms with Crippen LogP contribution >= 0.6 is 0 Å². The number of nitrogens with one attached hydrogen (secondary N) is 2. The Hall–Kier alpha value is -3.16. The number of nitrogens with zero attached hydrogens (tertiary/aromatic N) is 1. The Bertz CT molecular complexity index is 728. The van der Waals surface area contributed by atoms with Crippen LogP contribution < -0.4 is 16.4 Å². The zero-order valence-electron chi connectivity index (χ0n) is 13.0. The van der Waals surface area contributed by atoms with Crippen LogP contribution in [0.5, 0.6) is 0 Å². The molecule has 126 valence electrons. The quantitative estimate of drug-likeness (QED) is 0.512. The minimum Gasteiger partial charge on any atom is -0.418 e. The molecule has 24 heavy (non-hydrogen) atoms. The van der Waals surface area contributed by atoms with Gasteiger partial charge in [-0.25, -0.2) is 4.98 Å². The van der Waals surface area contributed by atoms with E-state index < -0.39 is 23.1 Å². The van der Waals surface area contributed by atoms with Crippen molar-refractivity contribution >= 4 is 23.7 Å². The van der Waals surface area contributed by atoms with Crippen LogP contribution in [0.1, 0.15) is 29.8 Å². The van der Waals surface area contributed by atoms with E-state index in [0.717, 1.165) is 12.6 Å². The minimum atomic E-state index is -1.22. The second kappa shape index (κ2) is 6.95. The molecule has 3 amide bonds. The lowest BCUT2D eigenvalue weighted by Crippen LogP contribution is -2.51. The molecule has 8 nitrogen and oxygen atoms in total. The normalized spacial score (nSPS) is 15.8. The standard InChI is InChI=1S/C16H18N4O4/c1-3-6-10(4-2)19-12(21)11-9-18-15(24-11)20-14(23)16(13(17)22)7-5-8-16/h3-4,6,9H,1-2,5,7-8H2,(H2,17,22)(H,19,21)(H,18,20,23)/b10-6+. The maximum atomic E-state index is 12.2. The SMILES string of the molecule is C=C/C=C(\C=C)NC(=O)c1cnc(NC(=O)C2(C(N)=O)CCC2)o1. The number of hydrogen-bond donors (Lipinski definition) is 3. The molecule has 1 fully saturated rings. The molecule has 0 saturated heterocycles. The van der Waals surface area contributed by atoms with Crippen molar-refractivity contribution in [3.05, 3.63) is 49.0 Å². The molecule has 1 aliphatic rings. The average molecular weight is 330 g/mol. The van der Waals surface area contributed by atoms with Crippen LogP contribution in [0.4, 0.5) is 6.01 Å². The van der Waals surface area contributed by atoms with E-state index in [2.05, 4.69) is 28.8 Å². The molecule has 0 spiro atoms. The highest BCUT2D eigenvalue weighted by Gasteiger charge is 2.49. The Morgan fingerprint density at radius 1 is 1.33 bits per heavy atom. The van der Waals surface area contributed by atoms with Crippen molar-refractivity contribution in [2.24, 2.45) is 11.1 Å². The summed E-state index contributed by atoms with van der Waals surface area (Å²) in [7, 11) is 0. The van der Waals surface area contributed by atoms with E-state index in [0.29, 0.717) is 18.5 Å². The molecule has 4 N–H and O–H groups in total. The molecule has 0 unspecified atom stereocenters. The van der Waals surface area contributed by atoms with Gasteiger partial charge in [-0.1, -0.05) is 25.7 Å². The van der Waals surface area contributed by atoms with E-state index >= 15 is 0 Å². The first-order valence-electron chi connectivity index (χ1n) is 7.26. The van der Waals surface area contributed by atoms with E-state index in [9.17, 15) is 14.4 Å². The summed E-state index contributed by atoms with van der Waals surface area (Å²) in [5.74, 6) is -1.93. The van der Waals surface area contributed by atoms with Gasteiger partial charge in [0.05, 0.1) is 6.20 Å². The largest absolute Gasteiger partial charge is 0.418 e. The van der Waals surface area contributed by atoms with E-state index in [1.807, 2.05) is 0 Å². The highest BCUT2D eigenvalue weighted by atomic mass is 16.4. The third-order valence-electron chi connectivity index (χ3n) is 3.84. The lowest BCUT2D eigenvalue weighted by atomic mass is 9.67. The van der Waals surface area contributed by atoms with Crippen molar-refractivity contribution in [1.29, 1.82) is 0 Å². The number of amides is 3. The van der Waals surface area contributed by atoms with Crippen molar-refractivity contribution in [2.75, 3.05) is 5.32 Å². The number of hydrogen-bond acceptors (Lipinski definition) is 5. The van der Waals surface area contributed by atoms with Gasteiger partial charge in [-0.15, -0.1) is 0 Å². The second-order valence-electron chi connectivity index (χ2n) is 5.30. The molecule has 1 aromatic heterocycles. The predicted molar refractivity (Wildman–Crippen MR) is 86.6 cm³/mol. The molecule has 0 bridgehead atoms. The van der Waals surface area contributed by atoms with Crippen LogP contribution in [0.2, 0.25) is 0 Å². The molecule has 0 radical (unpaired) electrons. The zero-order chi connectivity index (χ0) is 17.7. The number of oxazole rings is 1. The first kappa shape index (κ1) is 17.2. The Morgan fingerprint density at radius 3 is 2.54 bits per heavy atom. The smallest absolute Gasteiger partial charge is 0.302 e. The number of rotatable bonds is 7. The third-order valence-corrected chi connectivity index (χ3v) is 3.84. The van der Waals surface area contributed by atoms with Crippen molar-refractivity contribution in [2.45, 2.75) is 19.3 Å². The van der Waals surface area contributed by atoms with Crippen LogP contribution in [0.25, 0.3) is 0 Å². The number of carbonyl (C=O) groups is 3. The van der Waals surface area contributed by atoms with Gasteiger partial charge in [0.1, 0.15) is 5.41 Å². The molecule has 2 rings (SSSR count). The van der Waals surface area contributed by atoms with Crippen molar-refractivity contribution in [1.82, 2.24) is 10.3 Å². The number of anilines is 1. The summed E-state index contributed by atoms with van der Waals surface area (Å²) in [5.41, 5.74) is 4.51. The fourth-order valence-electron chi connectivity index (χ4n) is 2.25. The summed E-state index contributed by atoms with van der Waals surface area (Å²) in [6.45, 7) is 7.07. The van der Waals surface area contributed by atoms with Gasteiger partial charge < -0.3 is 15.5 Å². The van der Waals surface area contributed by atoms with E-state index in [1.54, 1.807) is 6.08 Å². The number of primary amides is 1. The van der Waals surface area contributed by atoms with Crippen LogP contribution in [0, 0.1) is 5.41 Å². The van der Waals surface area contributed by atoms with Crippen LogP contribution in [-0.4, -0.2) is 22.7 Å². The van der Waals surface area contributed by atoms with Crippen LogP contribution in [0.3, 0.4) is 0 Å². The Morgan fingerprint density at radius 2 is 2.04 bits per heavy atom. The maximum Gasteiger partial charge on any atom is 0.302 e. The molecule has 8 heteroatoms. The highest BCUT2D eigenvalue weighted by Crippen LogP contribution is 2.41. The van der Waals surface area contributed by atoms with Crippen molar-refractivity contribution in [3.8, 4) is 0 Å². The molecule has 1 heterocycles. The molecule has 0 atom stereocenters. The van der Waals surface area contributed by atoms with Crippen LogP contribution in [0.15, 0.2) is 47.7 Å². The number of nitrogens with two attached hydrogens (primary N) is 1. The molecule has 0 aromatic carbocycles. The highest BCUT2D eigenvalue weighted by molar-refractivity contribution is 6.10. The number of aromatic nitrogens is 1. The molecular formula is C16H18N4O4. The van der Waals surface area contributed by atoms with Gasteiger partial charge in [0.2, 0.25) is 17.6 Å². The van der Waals surface area contributed by atoms with E-state index in [4.69, 9.17) is 10.2 Å². The Kier molecular flexibility index (Phi) is 4.98. The molecule has 1 saturated carbocycles. The lowest BCUT2D eigenvalue weighted by molar-refractivity contribution is -0.144. The molecule has 0 aliphatic heterocycles. The van der Waals surface area contributed by atoms with Gasteiger partial charge in [0.15, 0.2) is 0 Å². The summed E-state index contributed by atoms with van der Waals surface area (Å²) >= 11 is 0. The monoisotopic (exact) mass is 330 g/mol. The first-order valence-corrected chi connectivity index (χ1v) is 7.26. The summed E-state index contributed by atoms with van der Waals surface area (Å²) in [4.78, 5) is 39.5. The first-order chi connectivity index (χ1) is 11.4. The van der Waals surface area contributed by atoms with Gasteiger partial charge in [-0.3, -0.25) is 19.7 Å². The Labute approximate surface area is 138 Å².